The maximum absolute atomic E-state index is 4.39. The molecule has 58 valence electrons. The van der Waals surface area contributed by atoms with E-state index in [9.17, 15) is 0 Å². The maximum atomic E-state index is 4.39. The van der Waals surface area contributed by atoms with E-state index in [1.165, 1.54) is 17.7 Å². The summed E-state index contributed by atoms with van der Waals surface area (Å²) < 4.78 is 0. The van der Waals surface area contributed by atoms with Crippen LogP contribution in [-0.2, 0) is 6.42 Å². The first kappa shape index (κ1) is 6.84. The molecule has 1 heteroatoms. The van der Waals surface area contributed by atoms with Gasteiger partial charge in [0.15, 0.2) is 0 Å². The van der Waals surface area contributed by atoms with Crippen LogP contribution in [0.25, 0.3) is 0 Å². The molecule has 0 bridgehead atoms. The van der Waals surface area contributed by atoms with Crippen LogP contribution in [0.15, 0.2) is 18.3 Å². The van der Waals surface area contributed by atoms with Crippen LogP contribution in [0.1, 0.15) is 31.0 Å². The Bertz CT molecular complexity index is 267. The van der Waals surface area contributed by atoms with Gasteiger partial charge in [-0.15, -0.1) is 0 Å². The predicted molar refractivity (Wildman–Crippen MR) is 45.5 cm³/mol. The highest BCUT2D eigenvalue weighted by molar-refractivity contribution is 5.29. The quantitative estimate of drug-likeness (QED) is 0.549. The molecule has 1 aliphatic rings. The van der Waals surface area contributed by atoms with E-state index in [-0.39, 0.29) is 0 Å². The van der Waals surface area contributed by atoms with Crippen LogP contribution in [0.2, 0.25) is 0 Å². The van der Waals surface area contributed by atoms with Crippen LogP contribution in [0.5, 0.6) is 0 Å². The van der Waals surface area contributed by atoms with Crippen molar-refractivity contribution in [2.45, 2.75) is 26.2 Å². The molecule has 0 aliphatic heterocycles. The monoisotopic (exact) mass is 147 g/mol. The highest BCUT2D eigenvalue weighted by Gasteiger charge is 2.25. The molecule has 1 heterocycles. The van der Waals surface area contributed by atoms with Crippen molar-refractivity contribution < 1.29 is 0 Å². The summed E-state index contributed by atoms with van der Waals surface area (Å²) in [6, 6.07) is 4.23. The van der Waals surface area contributed by atoms with Gasteiger partial charge < -0.3 is 0 Å². The second kappa shape index (κ2) is 2.33. The highest BCUT2D eigenvalue weighted by Crippen LogP contribution is 2.35. The van der Waals surface area contributed by atoms with Crippen LogP contribution >= 0.6 is 0 Å². The SMILES string of the molecule is C[C@H]1Cc2cccnc2[C@@H]1C. The van der Waals surface area contributed by atoms with Gasteiger partial charge in [-0.3, -0.25) is 4.98 Å². The zero-order valence-electron chi connectivity index (χ0n) is 7.04. The molecule has 0 spiro atoms. The lowest BCUT2D eigenvalue weighted by Gasteiger charge is -2.07. The van der Waals surface area contributed by atoms with Gasteiger partial charge in [0.1, 0.15) is 0 Å². The van der Waals surface area contributed by atoms with Gasteiger partial charge in [0.25, 0.3) is 0 Å². The molecule has 1 nitrogen and oxygen atoms in total. The number of nitrogens with zero attached hydrogens (tertiary/aromatic N) is 1. The molecule has 0 N–H and O–H groups in total. The Morgan fingerprint density at radius 3 is 3.00 bits per heavy atom. The Kier molecular flexibility index (Phi) is 1.45. The number of hydrogen-bond acceptors (Lipinski definition) is 1. The number of pyridine rings is 1. The predicted octanol–water partition coefficient (Wildman–Crippen LogP) is 2.38. The zero-order valence-corrected chi connectivity index (χ0v) is 7.04. The third-order valence-corrected chi connectivity index (χ3v) is 2.75. The molecule has 1 aromatic heterocycles. The Hall–Kier alpha value is -0.850. The summed E-state index contributed by atoms with van der Waals surface area (Å²) in [5, 5.41) is 0. The summed E-state index contributed by atoms with van der Waals surface area (Å²) in [7, 11) is 0. The maximum Gasteiger partial charge on any atom is 0.0466 e. The van der Waals surface area contributed by atoms with E-state index < -0.39 is 0 Å². The first-order chi connectivity index (χ1) is 5.29. The summed E-state index contributed by atoms with van der Waals surface area (Å²) in [6.45, 7) is 4.57. The van der Waals surface area contributed by atoms with Crippen molar-refractivity contribution >= 4 is 0 Å². The van der Waals surface area contributed by atoms with Crippen molar-refractivity contribution in [2.75, 3.05) is 0 Å². The van der Waals surface area contributed by atoms with Crippen molar-refractivity contribution in [2.24, 2.45) is 5.92 Å². The Balaban J connectivity index is 2.47. The van der Waals surface area contributed by atoms with E-state index in [1.54, 1.807) is 0 Å². The Labute approximate surface area is 67.5 Å². The molecule has 1 aromatic rings. The first-order valence-electron chi connectivity index (χ1n) is 4.23. The molecule has 0 saturated carbocycles. The Morgan fingerprint density at radius 1 is 1.45 bits per heavy atom. The molecule has 0 radical (unpaired) electrons. The van der Waals surface area contributed by atoms with Gasteiger partial charge >= 0.3 is 0 Å². The van der Waals surface area contributed by atoms with Crippen LogP contribution < -0.4 is 0 Å². The van der Waals surface area contributed by atoms with Crippen LogP contribution in [0.3, 0.4) is 0 Å². The van der Waals surface area contributed by atoms with E-state index in [1.807, 2.05) is 12.3 Å². The topological polar surface area (TPSA) is 12.9 Å². The van der Waals surface area contributed by atoms with Gasteiger partial charge in [-0.2, -0.15) is 0 Å². The molecule has 0 fully saturated rings. The fourth-order valence-electron chi connectivity index (χ4n) is 1.83. The van der Waals surface area contributed by atoms with E-state index in [0.717, 1.165) is 5.92 Å². The highest BCUT2D eigenvalue weighted by atomic mass is 14.7. The van der Waals surface area contributed by atoms with Crippen LogP contribution in [0, 0.1) is 5.92 Å². The molecule has 0 saturated heterocycles. The fourth-order valence-corrected chi connectivity index (χ4v) is 1.83. The minimum atomic E-state index is 0.659. The summed E-state index contributed by atoms with van der Waals surface area (Å²) >= 11 is 0. The molecule has 2 atom stereocenters. The third kappa shape index (κ3) is 0.953. The zero-order chi connectivity index (χ0) is 7.84. The van der Waals surface area contributed by atoms with Crippen LogP contribution in [-0.4, -0.2) is 4.98 Å². The fraction of sp³-hybridized carbons (Fsp3) is 0.500. The lowest BCUT2D eigenvalue weighted by atomic mass is 9.99. The van der Waals surface area contributed by atoms with Crippen LogP contribution in [0.4, 0.5) is 0 Å². The van der Waals surface area contributed by atoms with Crippen molar-refractivity contribution in [3.63, 3.8) is 0 Å². The molecular formula is C10H13N. The summed E-state index contributed by atoms with van der Waals surface area (Å²) in [4.78, 5) is 4.39. The van der Waals surface area contributed by atoms with E-state index >= 15 is 0 Å². The van der Waals surface area contributed by atoms with Crippen molar-refractivity contribution in [1.82, 2.24) is 4.98 Å². The van der Waals surface area contributed by atoms with Gasteiger partial charge in [-0.25, -0.2) is 0 Å². The normalized spacial score (nSPS) is 28.5. The second-order valence-corrected chi connectivity index (χ2v) is 3.52. The lowest BCUT2D eigenvalue weighted by Crippen LogP contribution is -1.98. The average molecular weight is 147 g/mol. The van der Waals surface area contributed by atoms with Gasteiger partial charge in [0.2, 0.25) is 0 Å². The molecule has 1 aliphatic carbocycles. The average Bonchev–Trinajstić information content (AvgIpc) is 2.30. The molecule has 2 rings (SSSR count). The minimum absolute atomic E-state index is 0.659. The van der Waals surface area contributed by atoms with E-state index in [0.29, 0.717) is 5.92 Å². The van der Waals surface area contributed by atoms with Crippen molar-refractivity contribution in [3.05, 3.63) is 29.6 Å². The molecule has 0 aromatic carbocycles. The van der Waals surface area contributed by atoms with E-state index in [4.69, 9.17) is 0 Å². The van der Waals surface area contributed by atoms with E-state index in [2.05, 4.69) is 24.9 Å². The first-order valence-corrected chi connectivity index (χ1v) is 4.23. The standard InChI is InChI=1S/C10H13N/c1-7-6-9-4-3-5-11-10(9)8(7)2/h3-5,7-8H,6H2,1-2H3/t7-,8+/m0/s1. The number of fused-ring (bicyclic) bond motifs is 1. The van der Waals surface area contributed by atoms with Crippen molar-refractivity contribution in [1.29, 1.82) is 0 Å². The number of aromatic nitrogens is 1. The summed E-state index contributed by atoms with van der Waals surface area (Å²) in [5.41, 5.74) is 2.77. The lowest BCUT2D eigenvalue weighted by molar-refractivity contribution is 0.526. The van der Waals surface area contributed by atoms with Gasteiger partial charge in [-0.1, -0.05) is 19.9 Å². The van der Waals surface area contributed by atoms with Gasteiger partial charge in [-0.05, 0) is 24.0 Å². The molecular weight excluding hydrogens is 134 g/mol. The minimum Gasteiger partial charge on any atom is -0.261 e. The Morgan fingerprint density at radius 2 is 2.27 bits per heavy atom. The number of hydrogen-bond donors (Lipinski definition) is 0. The van der Waals surface area contributed by atoms with Gasteiger partial charge in [0.05, 0.1) is 0 Å². The van der Waals surface area contributed by atoms with Crippen molar-refractivity contribution in [3.8, 4) is 0 Å². The third-order valence-electron chi connectivity index (χ3n) is 2.75. The largest absolute Gasteiger partial charge is 0.261 e. The summed E-state index contributed by atoms with van der Waals surface area (Å²) in [6.07, 6.45) is 3.11. The molecule has 0 amide bonds. The molecule has 11 heavy (non-hydrogen) atoms. The second-order valence-electron chi connectivity index (χ2n) is 3.52. The molecule has 0 unspecified atom stereocenters. The number of rotatable bonds is 0. The smallest absolute Gasteiger partial charge is 0.0466 e. The summed E-state index contributed by atoms with van der Waals surface area (Å²) in [5.74, 6) is 1.44. The van der Waals surface area contributed by atoms with Gasteiger partial charge in [0, 0.05) is 17.8 Å².